The number of fused-ring (bicyclic) bond motifs is 1. The third-order valence-electron chi connectivity index (χ3n) is 5.15. The predicted octanol–water partition coefficient (Wildman–Crippen LogP) is -0.915. The van der Waals surface area contributed by atoms with Crippen LogP contribution in [0.2, 0.25) is 0 Å². The lowest BCUT2D eigenvalue weighted by Gasteiger charge is -2.26. The van der Waals surface area contributed by atoms with Crippen molar-refractivity contribution in [1.82, 2.24) is 25.2 Å². The molecule has 12 heteroatoms. The van der Waals surface area contributed by atoms with Crippen molar-refractivity contribution in [3.05, 3.63) is 18.6 Å². The van der Waals surface area contributed by atoms with Crippen molar-refractivity contribution in [2.24, 2.45) is 0 Å². The number of nitrogen functional groups attached to an aromatic ring is 1. The first-order valence-corrected chi connectivity index (χ1v) is 10.1. The van der Waals surface area contributed by atoms with Crippen molar-refractivity contribution in [1.29, 1.82) is 0 Å². The van der Waals surface area contributed by atoms with Crippen LogP contribution in [0, 0.1) is 0 Å². The maximum atomic E-state index is 13.0. The van der Waals surface area contributed by atoms with E-state index >= 15 is 0 Å². The molecule has 31 heavy (non-hydrogen) atoms. The van der Waals surface area contributed by atoms with Crippen molar-refractivity contribution in [3.63, 3.8) is 0 Å². The first-order valence-electron chi connectivity index (χ1n) is 10.1. The smallest absolute Gasteiger partial charge is 0.237 e. The lowest BCUT2D eigenvalue weighted by molar-refractivity contribution is -0.126. The third kappa shape index (κ3) is 5.11. The van der Waals surface area contributed by atoms with Crippen LogP contribution in [0.3, 0.4) is 0 Å². The number of methoxy groups -OCH3 is 1. The number of aliphatic hydroxyl groups is 2. The van der Waals surface area contributed by atoms with E-state index in [-0.39, 0.29) is 19.4 Å². The number of carbonyl (C=O) groups excluding carboxylic acids is 1. The second-order valence-corrected chi connectivity index (χ2v) is 7.30. The molecular formula is C19H30N6O6. The molecule has 0 spiro atoms. The summed E-state index contributed by atoms with van der Waals surface area (Å²) in [5.41, 5.74) is 7.34. The summed E-state index contributed by atoms with van der Waals surface area (Å²) in [6.07, 6.45) is 1.51. The number of nitrogens with two attached hydrogens (primary N) is 1. The van der Waals surface area contributed by atoms with Gasteiger partial charge in [0.25, 0.3) is 0 Å². The Morgan fingerprint density at radius 1 is 1.45 bits per heavy atom. The molecule has 0 saturated carbocycles. The van der Waals surface area contributed by atoms with Gasteiger partial charge in [0.15, 0.2) is 11.9 Å². The number of pyridine rings is 1. The zero-order valence-corrected chi connectivity index (χ0v) is 17.6. The third-order valence-corrected chi connectivity index (χ3v) is 5.15. The molecule has 3 rings (SSSR count). The fraction of sp³-hybridized carbons (Fsp3) is 0.632. The molecule has 0 bridgehead atoms. The Morgan fingerprint density at radius 3 is 2.97 bits per heavy atom. The van der Waals surface area contributed by atoms with Gasteiger partial charge < -0.3 is 35.5 Å². The molecule has 172 valence electrons. The highest BCUT2D eigenvalue weighted by Crippen LogP contribution is 2.32. The van der Waals surface area contributed by atoms with Crippen molar-refractivity contribution in [2.75, 3.05) is 33.0 Å². The summed E-state index contributed by atoms with van der Waals surface area (Å²) in [4.78, 5) is 21.6. The Labute approximate surface area is 179 Å². The van der Waals surface area contributed by atoms with Gasteiger partial charge in [-0.3, -0.25) is 14.7 Å². The topological polar surface area (TPSA) is 166 Å². The van der Waals surface area contributed by atoms with Crippen LogP contribution in [0.1, 0.15) is 26.0 Å². The molecule has 0 radical (unpaired) electrons. The highest BCUT2D eigenvalue weighted by Gasteiger charge is 2.46. The summed E-state index contributed by atoms with van der Waals surface area (Å²) in [6.45, 7) is 1.79. The Bertz CT molecular complexity index is 864. The molecule has 6 N–H and O–H groups in total. The van der Waals surface area contributed by atoms with E-state index in [0.29, 0.717) is 23.3 Å². The van der Waals surface area contributed by atoms with Crippen LogP contribution in [-0.4, -0.2) is 82.2 Å². The maximum absolute atomic E-state index is 13.0. The summed E-state index contributed by atoms with van der Waals surface area (Å²) >= 11 is 0. The molecule has 1 aliphatic heterocycles. The minimum atomic E-state index is -1.13. The standard InChI is InChI=1S/C19H30N6O6/c1-3-4-12(23-9-30-10-29-2)18(28)24-15-16(27)13(7-26)31-19(15)25-8-22-14-11(20)5-6-21-17(14)25/h5-6,8,12-13,15-16,19,23,26-27H,3-4,7,9-10H2,1-2H3,(H2,20,21)(H,24,28)/t12?,13-,15+,16?,19-/m1/s1. The quantitative estimate of drug-likeness (QED) is 0.219. The molecule has 3 heterocycles. The molecule has 2 aromatic heterocycles. The van der Waals surface area contributed by atoms with Gasteiger partial charge in [0, 0.05) is 13.3 Å². The van der Waals surface area contributed by atoms with Crippen molar-refractivity contribution >= 4 is 22.8 Å². The molecule has 0 aliphatic carbocycles. The van der Waals surface area contributed by atoms with Gasteiger partial charge in [-0.1, -0.05) is 13.3 Å². The van der Waals surface area contributed by atoms with Crippen LogP contribution in [0.4, 0.5) is 5.69 Å². The summed E-state index contributed by atoms with van der Waals surface area (Å²) in [6, 6.07) is 0.245. The fourth-order valence-corrected chi connectivity index (χ4v) is 3.59. The Kier molecular flexibility index (Phi) is 8.12. The van der Waals surface area contributed by atoms with E-state index in [2.05, 4.69) is 20.6 Å². The van der Waals surface area contributed by atoms with E-state index in [9.17, 15) is 15.0 Å². The number of ether oxygens (including phenoxy) is 3. The molecule has 1 fully saturated rings. The Hall–Kier alpha value is -2.35. The number of nitrogens with one attached hydrogen (secondary N) is 2. The summed E-state index contributed by atoms with van der Waals surface area (Å²) in [5, 5.41) is 26.2. The van der Waals surface area contributed by atoms with Crippen LogP contribution in [0.5, 0.6) is 0 Å². The average Bonchev–Trinajstić information content (AvgIpc) is 3.32. The number of aliphatic hydroxyl groups excluding tert-OH is 2. The number of anilines is 1. The first kappa shape index (κ1) is 23.3. The summed E-state index contributed by atoms with van der Waals surface area (Å²) in [5.74, 6) is -0.323. The van der Waals surface area contributed by atoms with Crippen LogP contribution < -0.4 is 16.4 Å². The highest BCUT2D eigenvalue weighted by atomic mass is 16.7. The number of rotatable bonds is 11. The number of nitrogens with zero attached hydrogens (tertiary/aromatic N) is 3. The molecule has 1 amide bonds. The zero-order valence-electron chi connectivity index (χ0n) is 17.6. The van der Waals surface area contributed by atoms with Crippen LogP contribution in [0.25, 0.3) is 11.2 Å². The first-order chi connectivity index (χ1) is 15.0. The van der Waals surface area contributed by atoms with Crippen molar-refractivity contribution in [3.8, 4) is 0 Å². The predicted molar refractivity (Wildman–Crippen MR) is 111 cm³/mol. The monoisotopic (exact) mass is 438 g/mol. The Balaban J connectivity index is 1.80. The van der Waals surface area contributed by atoms with Gasteiger partial charge in [-0.05, 0) is 12.5 Å². The van der Waals surface area contributed by atoms with E-state index in [0.717, 1.165) is 6.42 Å². The highest BCUT2D eigenvalue weighted by molar-refractivity contribution is 5.84. The summed E-state index contributed by atoms with van der Waals surface area (Å²) in [7, 11) is 1.51. The van der Waals surface area contributed by atoms with Gasteiger partial charge in [0.1, 0.15) is 30.6 Å². The van der Waals surface area contributed by atoms with Gasteiger partial charge in [0.05, 0.1) is 31.4 Å². The second kappa shape index (κ2) is 10.8. The Morgan fingerprint density at radius 2 is 2.26 bits per heavy atom. The molecule has 2 aromatic rings. The van der Waals surface area contributed by atoms with Crippen LogP contribution >= 0.6 is 0 Å². The van der Waals surface area contributed by atoms with Gasteiger partial charge in [-0.15, -0.1) is 0 Å². The average molecular weight is 438 g/mol. The molecule has 5 atom stereocenters. The SMILES string of the molecule is CCCC(NCOCOC)C(=O)N[C@H]1C(O)[C@@H](CO)O[C@H]1n1cnc2c(N)ccnc21. The number of hydrogen-bond acceptors (Lipinski definition) is 10. The van der Waals surface area contributed by atoms with Gasteiger partial charge in [-0.25, -0.2) is 9.97 Å². The van der Waals surface area contributed by atoms with E-state index < -0.39 is 37.1 Å². The van der Waals surface area contributed by atoms with Gasteiger partial charge >= 0.3 is 0 Å². The molecule has 0 aromatic carbocycles. The largest absolute Gasteiger partial charge is 0.397 e. The van der Waals surface area contributed by atoms with Crippen molar-refractivity contribution in [2.45, 2.75) is 50.3 Å². The van der Waals surface area contributed by atoms with Crippen molar-refractivity contribution < 1.29 is 29.2 Å². The minimum Gasteiger partial charge on any atom is -0.397 e. The lowest BCUT2D eigenvalue weighted by Crippen LogP contribution is -2.53. The zero-order chi connectivity index (χ0) is 22.4. The van der Waals surface area contributed by atoms with Crippen LogP contribution in [0.15, 0.2) is 18.6 Å². The second-order valence-electron chi connectivity index (χ2n) is 7.30. The molecule has 1 saturated heterocycles. The van der Waals surface area contributed by atoms with Gasteiger partial charge in [-0.2, -0.15) is 0 Å². The molecule has 2 unspecified atom stereocenters. The number of aromatic nitrogens is 3. The molecular weight excluding hydrogens is 408 g/mol. The maximum Gasteiger partial charge on any atom is 0.237 e. The number of amides is 1. The summed E-state index contributed by atoms with van der Waals surface area (Å²) < 4.78 is 17.5. The van der Waals surface area contributed by atoms with E-state index in [1.165, 1.54) is 13.4 Å². The fourth-order valence-electron chi connectivity index (χ4n) is 3.59. The lowest BCUT2D eigenvalue weighted by atomic mass is 10.1. The van der Waals surface area contributed by atoms with Crippen LogP contribution in [-0.2, 0) is 19.0 Å². The molecule has 12 nitrogen and oxygen atoms in total. The van der Waals surface area contributed by atoms with Gasteiger partial charge in [0.2, 0.25) is 5.91 Å². The van der Waals surface area contributed by atoms with E-state index in [1.807, 2.05) is 6.92 Å². The number of carbonyl (C=O) groups is 1. The molecule has 1 aliphatic rings. The number of imidazole rings is 1. The number of hydrogen-bond donors (Lipinski definition) is 5. The minimum absolute atomic E-state index is 0.104. The normalized spacial score (nSPS) is 24.5. The van der Waals surface area contributed by atoms with E-state index in [4.69, 9.17) is 19.9 Å². The van der Waals surface area contributed by atoms with E-state index in [1.54, 1.807) is 16.8 Å².